The highest BCUT2D eigenvalue weighted by atomic mass is 16.5. The number of anilines is 1. The zero-order chi connectivity index (χ0) is 13.5. The highest BCUT2D eigenvalue weighted by molar-refractivity contribution is 5.92. The average Bonchev–Trinajstić information content (AvgIpc) is 2.30. The zero-order valence-corrected chi connectivity index (χ0v) is 11.1. The second kappa shape index (κ2) is 6.98. The van der Waals surface area contributed by atoms with Gasteiger partial charge in [0.25, 0.3) is 0 Å². The summed E-state index contributed by atoms with van der Waals surface area (Å²) in [5, 5.41) is 12.0. The van der Waals surface area contributed by atoms with E-state index in [2.05, 4.69) is 5.32 Å². The molecule has 1 amide bonds. The van der Waals surface area contributed by atoms with Gasteiger partial charge in [-0.3, -0.25) is 4.79 Å². The van der Waals surface area contributed by atoms with Gasteiger partial charge in [0.15, 0.2) is 0 Å². The van der Waals surface area contributed by atoms with Crippen LogP contribution in [-0.2, 0) is 11.4 Å². The number of aliphatic hydroxyl groups is 1. The maximum absolute atomic E-state index is 11.6. The number of carbonyl (C=O) groups excluding carboxylic acids is 1. The van der Waals surface area contributed by atoms with Gasteiger partial charge in [-0.15, -0.1) is 0 Å². The lowest BCUT2D eigenvalue weighted by Crippen LogP contribution is -2.27. The van der Waals surface area contributed by atoms with Crippen molar-refractivity contribution in [3.8, 4) is 5.75 Å². The molecular weight excluding hydrogens is 232 g/mol. The Bertz CT molecular complexity index is 405. The van der Waals surface area contributed by atoms with Crippen molar-refractivity contribution in [1.29, 1.82) is 0 Å². The summed E-state index contributed by atoms with van der Waals surface area (Å²) >= 11 is 0. The molecule has 0 bridgehead atoms. The number of likely N-dealkylation sites (N-methyl/N-ethyl adjacent to an activating group) is 1. The summed E-state index contributed by atoms with van der Waals surface area (Å²) in [4.78, 5) is 13.4. The van der Waals surface area contributed by atoms with Crippen molar-refractivity contribution in [2.45, 2.75) is 13.5 Å². The molecule has 0 heterocycles. The minimum atomic E-state index is -0.118. The SMILES string of the molecule is CCOc1ccc(NC(=O)CN(C)C)cc1CO. The lowest BCUT2D eigenvalue weighted by atomic mass is 10.2. The minimum Gasteiger partial charge on any atom is -0.494 e. The van der Waals surface area contributed by atoms with E-state index >= 15 is 0 Å². The molecule has 0 aromatic heterocycles. The number of amides is 1. The molecular formula is C13H20N2O3. The molecule has 0 spiro atoms. The highest BCUT2D eigenvalue weighted by Crippen LogP contribution is 2.22. The first-order chi connectivity index (χ1) is 8.56. The summed E-state index contributed by atoms with van der Waals surface area (Å²) in [5.41, 5.74) is 1.33. The molecule has 0 aliphatic carbocycles. The van der Waals surface area contributed by atoms with Crippen LogP contribution in [0.25, 0.3) is 0 Å². The summed E-state index contributed by atoms with van der Waals surface area (Å²) in [6.07, 6.45) is 0. The number of nitrogens with one attached hydrogen (secondary N) is 1. The third kappa shape index (κ3) is 4.35. The van der Waals surface area contributed by atoms with E-state index in [4.69, 9.17) is 4.74 Å². The lowest BCUT2D eigenvalue weighted by molar-refractivity contribution is -0.116. The van der Waals surface area contributed by atoms with Crippen LogP contribution in [0.2, 0.25) is 0 Å². The van der Waals surface area contributed by atoms with Crippen molar-refractivity contribution in [3.63, 3.8) is 0 Å². The number of nitrogens with zero attached hydrogens (tertiary/aromatic N) is 1. The smallest absolute Gasteiger partial charge is 0.238 e. The van der Waals surface area contributed by atoms with Gasteiger partial charge in [-0.25, -0.2) is 0 Å². The quantitative estimate of drug-likeness (QED) is 0.795. The van der Waals surface area contributed by atoms with Crippen molar-refractivity contribution >= 4 is 11.6 Å². The number of aliphatic hydroxyl groups excluding tert-OH is 1. The van der Waals surface area contributed by atoms with E-state index in [-0.39, 0.29) is 12.5 Å². The van der Waals surface area contributed by atoms with E-state index in [1.807, 2.05) is 21.0 Å². The minimum absolute atomic E-state index is 0.0898. The molecule has 1 aromatic rings. The van der Waals surface area contributed by atoms with Crippen molar-refractivity contribution in [3.05, 3.63) is 23.8 Å². The number of benzene rings is 1. The van der Waals surface area contributed by atoms with E-state index in [1.54, 1.807) is 23.1 Å². The molecule has 0 aliphatic heterocycles. The topological polar surface area (TPSA) is 61.8 Å². The van der Waals surface area contributed by atoms with Crippen molar-refractivity contribution < 1.29 is 14.6 Å². The van der Waals surface area contributed by atoms with Crippen molar-refractivity contribution in [1.82, 2.24) is 4.90 Å². The molecule has 0 radical (unpaired) electrons. The van der Waals surface area contributed by atoms with Crippen LogP contribution in [0.15, 0.2) is 18.2 Å². The van der Waals surface area contributed by atoms with Gasteiger partial charge in [-0.2, -0.15) is 0 Å². The fourth-order valence-corrected chi connectivity index (χ4v) is 1.56. The van der Waals surface area contributed by atoms with Gasteiger partial charge in [0, 0.05) is 11.3 Å². The Morgan fingerprint density at radius 3 is 2.72 bits per heavy atom. The Morgan fingerprint density at radius 2 is 2.17 bits per heavy atom. The summed E-state index contributed by atoms with van der Waals surface area (Å²) in [6, 6.07) is 5.23. The molecule has 1 rings (SSSR count). The predicted molar refractivity (Wildman–Crippen MR) is 70.7 cm³/mol. The largest absolute Gasteiger partial charge is 0.494 e. The lowest BCUT2D eigenvalue weighted by Gasteiger charge is -2.13. The molecule has 0 unspecified atom stereocenters. The summed E-state index contributed by atoms with van der Waals surface area (Å²) in [5.74, 6) is 0.554. The molecule has 0 atom stereocenters. The van der Waals surface area contributed by atoms with Gasteiger partial charge in [-0.05, 0) is 39.2 Å². The summed E-state index contributed by atoms with van der Waals surface area (Å²) in [7, 11) is 3.66. The van der Waals surface area contributed by atoms with Crippen LogP contribution >= 0.6 is 0 Å². The Labute approximate surface area is 107 Å². The van der Waals surface area contributed by atoms with Crippen LogP contribution in [0.3, 0.4) is 0 Å². The van der Waals surface area contributed by atoms with Gasteiger partial charge in [0.1, 0.15) is 5.75 Å². The van der Waals surface area contributed by atoms with Gasteiger partial charge < -0.3 is 20.1 Å². The predicted octanol–water partition coefficient (Wildman–Crippen LogP) is 1.08. The van der Waals surface area contributed by atoms with Gasteiger partial charge in [-0.1, -0.05) is 0 Å². The maximum atomic E-state index is 11.6. The van der Waals surface area contributed by atoms with Gasteiger partial charge in [0.05, 0.1) is 19.8 Å². The Hall–Kier alpha value is -1.59. The molecule has 0 fully saturated rings. The van der Waals surface area contributed by atoms with Crippen LogP contribution in [0.4, 0.5) is 5.69 Å². The first-order valence-corrected chi connectivity index (χ1v) is 5.88. The normalized spacial score (nSPS) is 10.5. The number of hydrogen-bond acceptors (Lipinski definition) is 4. The van der Waals surface area contributed by atoms with Crippen LogP contribution in [0, 0.1) is 0 Å². The zero-order valence-electron chi connectivity index (χ0n) is 11.1. The average molecular weight is 252 g/mol. The van der Waals surface area contributed by atoms with E-state index in [0.717, 1.165) is 0 Å². The third-order valence-corrected chi connectivity index (χ3v) is 2.27. The second-order valence-corrected chi connectivity index (χ2v) is 4.20. The summed E-state index contributed by atoms with van der Waals surface area (Å²) in [6.45, 7) is 2.63. The molecule has 18 heavy (non-hydrogen) atoms. The highest BCUT2D eigenvalue weighted by Gasteiger charge is 2.07. The van der Waals surface area contributed by atoms with Gasteiger partial charge in [0.2, 0.25) is 5.91 Å². The van der Waals surface area contributed by atoms with E-state index in [1.165, 1.54) is 0 Å². The van der Waals surface area contributed by atoms with E-state index in [0.29, 0.717) is 30.2 Å². The fourth-order valence-electron chi connectivity index (χ4n) is 1.56. The second-order valence-electron chi connectivity index (χ2n) is 4.20. The molecule has 2 N–H and O–H groups in total. The first-order valence-electron chi connectivity index (χ1n) is 5.88. The molecule has 0 saturated heterocycles. The molecule has 0 aliphatic rings. The van der Waals surface area contributed by atoms with Gasteiger partial charge >= 0.3 is 0 Å². The molecule has 0 saturated carbocycles. The number of rotatable bonds is 6. The number of ether oxygens (including phenoxy) is 1. The number of carbonyl (C=O) groups is 1. The molecule has 100 valence electrons. The van der Waals surface area contributed by atoms with Crippen molar-refractivity contribution in [2.24, 2.45) is 0 Å². The molecule has 5 nitrogen and oxygen atoms in total. The Kier molecular flexibility index (Phi) is 5.61. The van der Waals surface area contributed by atoms with Crippen LogP contribution in [-0.4, -0.2) is 43.2 Å². The third-order valence-electron chi connectivity index (χ3n) is 2.27. The standard InChI is InChI=1S/C13H20N2O3/c1-4-18-12-6-5-11(7-10(12)9-16)14-13(17)8-15(2)3/h5-7,16H,4,8-9H2,1-3H3,(H,14,17). The fraction of sp³-hybridized carbons (Fsp3) is 0.462. The molecule has 1 aromatic carbocycles. The van der Waals surface area contributed by atoms with Crippen LogP contribution < -0.4 is 10.1 Å². The first kappa shape index (κ1) is 14.5. The maximum Gasteiger partial charge on any atom is 0.238 e. The van der Waals surface area contributed by atoms with E-state index < -0.39 is 0 Å². The van der Waals surface area contributed by atoms with Crippen LogP contribution in [0.5, 0.6) is 5.75 Å². The van der Waals surface area contributed by atoms with E-state index in [9.17, 15) is 9.90 Å². The Balaban J connectivity index is 2.76. The monoisotopic (exact) mass is 252 g/mol. The van der Waals surface area contributed by atoms with Crippen molar-refractivity contribution in [2.75, 3.05) is 32.6 Å². The van der Waals surface area contributed by atoms with Crippen LogP contribution in [0.1, 0.15) is 12.5 Å². The number of hydrogen-bond donors (Lipinski definition) is 2. The summed E-state index contributed by atoms with van der Waals surface area (Å²) < 4.78 is 5.37. The Morgan fingerprint density at radius 1 is 1.44 bits per heavy atom. The molecule has 5 heteroatoms.